The first-order valence-corrected chi connectivity index (χ1v) is 8.03. The average molecular weight is 289 g/mol. The predicted octanol–water partition coefficient (Wildman–Crippen LogP) is 3.86. The number of carbonyl (C=O) groups is 1. The summed E-state index contributed by atoms with van der Waals surface area (Å²) in [5.74, 6) is 0.903. The van der Waals surface area contributed by atoms with Crippen molar-refractivity contribution in [3.05, 3.63) is 29.3 Å². The average Bonchev–Trinajstić information content (AvgIpc) is 3.01. The third kappa shape index (κ3) is 3.78. The molecular formula is C18H27NO2. The fourth-order valence-corrected chi connectivity index (χ4v) is 2.96. The standard InChI is InChI=1S/C18H27NO2/c1-5-17(18(20)19(4)15-8-6-7-9-15)21-16-11-10-13(2)14(3)12-16/h10-12,15,17H,5-9H2,1-4H3. The molecule has 116 valence electrons. The molecule has 1 aliphatic carbocycles. The molecule has 0 heterocycles. The summed E-state index contributed by atoms with van der Waals surface area (Å²) in [5.41, 5.74) is 2.43. The van der Waals surface area contributed by atoms with Crippen molar-refractivity contribution < 1.29 is 9.53 Å². The second kappa shape index (κ2) is 6.97. The van der Waals surface area contributed by atoms with Crippen LogP contribution in [0.5, 0.6) is 5.75 Å². The van der Waals surface area contributed by atoms with Gasteiger partial charge in [0.25, 0.3) is 5.91 Å². The van der Waals surface area contributed by atoms with E-state index >= 15 is 0 Å². The molecule has 1 amide bonds. The fraction of sp³-hybridized carbons (Fsp3) is 0.611. The summed E-state index contributed by atoms with van der Waals surface area (Å²) in [4.78, 5) is 14.5. The molecule has 1 unspecified atom stereocenters. The molecule has 1 saturated carbocycles. The van der Waals surface area contributed by atoms with E-state index in [1.165, 1.54) is 24.0 Å². The Morgan fingerprint density at radius 1 is 1.29 bits per heavy atom. The fourth-order valence-electron chi connectivity index (χ4n) is 2.96. The van der Waals surface area contributed by atoms with Gasteiger partial charge in [0.15, 0.2) is 6.10 Å². The van der Waals surface area contributed by atoms with Crippen LogP contribution in [0, 0.1) is 13.8 Å². The minimum Gasteiger partial charge on any atom is -0.481 e. The van der Waals surface area contributed by atoms with Gasteiger partial charge in [0.2, 0.25) is 0 Å². The van der Waals surface area contributed by atoms with E-state index in [2.05, 4.69) is 13.8 Å². The van der Waals surface area contributed by atoms with Crippen molar-refractivity contribution in [2.75, 3.05) is 7.05 Å². The van der Waals surface area contributed by atoms with E-state index in [9.17, 15) is 4.79 Å². The Hall–Kier alpha value is -1.51. The van der Waals surface area contributed by atoms with E-state index in [0.29, 0.717) is 12.5 Å². The molecule has 1 fully saturated rings. The lowest BCUT2D eigenvalue weighted by Crippen LogP contribution is -2.44. The van der Waals surface area contributed by atoms with Crippen molar-refractivity contribution in [1.29, 1.82) is 0 Å². The number of likely N-dealkylation sites (N-methyl/N-ethyl adjacent to an activating group) is 1. The zero-order chi connectivity index (χ0) is 15.4. The van der Waals surface area contributed by atoms with Gasteiger partial charge in [0, 0.05) is 13.1 Å². The zero-order valence-corrected chi connectivity index (χ0v) is 13.7. The molecule has 2 rings (SSSR count). The van der Waals surface area contributed by atoms with E-state index < -0.39 is 0 Å². The van der Waals surface area contributed by atoms with Crippen LogP contribution in [0.3, 0.4) is 0 Å². The Balaban J connectivity index is 2.04. The summed E-state index contributed by atoms with van der Waals surface area (Å²) in [6.45, 7) is 6.15. The van der Waals surface area contributed by atoms with Crippen LogP contribution in [-0.4, -0.2) is 30.0 Å². The van der Waals surface area contributed by atoms with Crippen molar-refractivity contribution >= 4 is 5.91 Å². The van der Waals surface area contributed by atoms with E-state index in [0.717, 1.165) is 18.6 Å². The van der Waals surface area contributed by atoms with Gasteiger partial charge in [0.05, 0.1) is 0 Å². The lowest BCUT2D eigenvalue weighted by Gasteiger charge is -2.28. The van der Waals surface area contributed by atoms with Crippen LogP contribution >= 0.6 is 0 Å². The van der Waals surface area contributed by atoms with Gasteiger partial charge in [-0.2, -0.15) is 0 Å². The summed E-state index contributed by atoms with van der Waals surface area (Å²) < 4.78 is 5.95. The molecule has 1 atom stereocenters. The number of amides is 1. The quantitative estimate of drug-likeness (QED) is 0.823. The number of aryl methyl sites for hydroxylation is 2. The van der Waals surface area contributed by atoms with E-state index in [-0.39, 0.29) is 12.0 Å². The van der Waals surface area contributed by atoms with Crippen molar-refractivity contribution in [3.8, 4) is 5.75 Å². The molecule has 0 saturated heterocycles. The Kier molecular flexibility index (Phi) is 5.27. The van der Waals surface area contributed by atoms with Crippen molar-refractivity contribution in [2.24, 2.45) is 0 Å². The Bertz CT molecular complexity index is 492. The van der Waals surface area contributed by atoms with E-state index in [1.807, 2.05) is 37.1 Å². The van der Waals surface area contributed by atoms with E-state index in [1.54, 1.807) is 0 Å². The highest BCUT2D eigenvalue weighted by Gasteiger charge is 2.29. The van der Waals surface area contributed by atoms with Crippen LogP contribution in [0.1, 0.15) is 50.2 Å². The normalized spacial score (nSPS) is 16.8. The second-order valence-corrected chi connectivity index (χ2v) is 6.15. The van der Waals surface area contributed by atoms with Gasteiger partial charge >= 0.3 is 0 Å². The van der Waals surface area contributed by atoms with Crippen LogP contribution in [0.15, 0.2) is 18.2 Å². The van der Waals surface area contributed by atoms with Gasteiger partial charge in [-0.1, -0.05) is 25.8 Å². The van der Waals surface area contributed by atoms with Gasteiger partial charge in [-0.25, -0.2) is 0 Å². The lowest BCUT2D eigenvalue weighted by atomic mass is 10.1. The van der Waals surface area contributed by atoms with Crippen molar-refractivity contribution in [1.82, 2.24) is 4.90 Å². The van der Waals surface area contributed by atoms with Gasteiger partial charge in [-0.3, -0.25) is 4.79 Å². The molecule has 3 heteroatoms. The lowest BCUT2D eigenvalue weighted by molar-refractivity contribution is -0.139. The maximum Gasteiger partial charge on any atom is 0.263 e. The second-order valence-electron chi connectivity index (χ2n) is 6.15. The molecular weight excluding hydrogens is 262 g/mol. The van der Waals surface area contributed by atoms with Crippen molar-refractivity contribution in [3.63, 3.8) is 0 Å². The first-order chi connectivity index (χ1) is 10.0. The summed E-state index contributed by atoms with van der Waals surface area (Å²) in [6, 6.07) is 6.41. The number of carbonyl (C=O) groups excluding carboxylic acids is 1. The highest BCUT2D eigenvalue weighted by Crippen LogP contribution is 2.24. The maximum atomic E-state index is 12.6. The number of hydrogen-bond acceptors (Lipinski definition) is 2. The molecule has 0 N–H and O–H groups in total. The zero-order valence-electron chi connectivity index (χ0n) is 13.7. The summed E-state index contributed by atoms with van der Waals surface area (Å²) in [7, 11) is 1.92. The topological polar surface area (TPSA) is 29.5 Å². The number of ether oxygens (including phenoxy) is 1. The largest absolute Gasteiger partial charge is 0.481 e. The summed E-state index contributed by atoms with van der Waals surface area (Å²) >= 11 is 0. The third-order valence-electron chi connectivity index (χ3n) is 4.62. The van der Waals surface area contributed by atoms with Crippen LogP contribution < -0.4 is 4.74 Å². The Morgan fingerprint density at radius 2 is 1.95 bits per heavy atom. The molecule has 0 radical (unpaired) electrons. The molecule has 21 heavy (non-hydrogen) atoms. The molecule has 1 aliphatic rings. The number of hydrogen-bond donors (Lipinski definition) is 0. The molecule has 0 bridgehead atoms. The number of benzene rings is 1. The SMILES string of the molecule is CCC(Oc1ccc(C)c(C)c1)C(=O)N(C)C1CCCC1. The van der Waals surface area contributed by atoms with Gasteiger partial charge in [-0.15, -0.1) is 0 Å². The summed E-state index contributed by atoms with van der Waals surface area (Å²) in [6.07, 6.45) is 5.04. The molecule has 1 aromatic carbocycles. The molecule has 0 aliphatic heterocycles. The molecule has 1 aromatic rings. The van der Waals surface area contributed by atoms with Crippen molar-refractivity contribution in [2.45, 2.75) is 65.0 Å². The minimum atomic E-state index is -0.377. The van der Waals surface area contributed by atoms with Gasteiger partial charge in [-0.05, 0) is 56.4 Å². The predicted molar refractivity (Wildman–Crippen MR) is 85.6 cm³/mol. The van der Waals surface area contributed by atoms with Gasteiger partial charge < -0.3 is 9.64 Å². The maximum absolute atomic E-state index is 12.6. The highest BCUT2D eigenvalue weighted by atomic mass is 16.5. The summed E-state index contributed by atoms with van der Waals surface area (Å²) in [5, 5.41) is 0. The Morgan fingerprint density at radius 3 is 2.52 bits per heavy atom. The van der Waals surface area contributed by atoms with Crippen LogP contribution in [-0.2, 0) is 4.79 Å². The van der Waals surface area contributed by atoms with Crippen LogP contribution in [0.4, 0.5) is 0 Å². The molecule has 0 aromatic heterocycles. The number of nitrogens with zero attached hydrogens (tertiary/aromatic N) is 1. The number of rotatable bonds is 5. The van der Waals surface area contributed by atoms with E-state index in [4.69, 9.17) is 4.74 Å². The first kappa shape index (κ1) is 15.9. The van der Waals surface area contributed by atoms with Crippen LogP contribution in [0.2, 0.25) is 0 Å². The first-order valence-electron chi connectivity index (χ1n) is 8.03. The monoisotopic (exact) mass is 289 g/mol. The Labute approximate surface area is 128 Å². The molecule has 0 spiro atoms. The van der Waals surface area contributed by atoms with Gasteiger partial charge in [0.1, 0.15) is 5.75 Å². The molecule has 3 nitrogen and oxygen atoms in total. The van der Waals surface area contributed by atoms with Crippen LogP contribution in [0.25, 0.3) is 0 Å². The highest BCUT2D eigenvalue weighted by molar-refractivity contribution is 5.81. The third-order valence-corrected chi connectivity index (χ3v) is 4.62. The minimum absolute atomic E-state index is 0.114. The smallest absolute Gasteiger partial charge is 0.263 e.